The van der Waals surface area contributed by atoms with Crippen LogP contribution in [-0.4, -0.2) is 29.6 Å². The van der Waals surface area contributed by atoms with Gasteiger partial charge >= 0.3 is 0 Å². The van der Waals surface area contributed by atoms with E-state index in [4.69, 9.17) is 0 Å². The largest absolute Gasteiger partial charge is 0.309 e. The van der Waals surface area contributed by atoms with Crippen LogP contribution in [0.15, 0.2) is 24.3 Å². The Hall–Kier alpha value is -0.930. The van der Waals surface area contributed by atoms with E-state index < -0.39 is 0 Å². The van der Waals surface area contributed by atoms with E-state index in [9.17, 15) is 4.39 Å². The fourth-order valence-electron chi connectivity index (χ4n) is 2.86. The molecule has 0 radical (unpaired) electrons. The Bertz CT molecular complexity index is 417. The molecule has 0 aromatic heterocycles. The van der Waals surface area contributed by atoms with Crippen LogP contribution in [0.1, 0.15) is 39.2 Å². The highest BCUT2D eigenvalue weighted by Gasteiger charge is 2.32. The quantitative estimate of drug-likeness (QED) is 0.898. The second-order valence-electron chi connectivity index (χ2n) is 6.20. The molecule has 1 aromatic rings. The van der Waals surface area contributed by atoms with E-state index in [0.29, 0.717) is 12.6 Å². The van der Waals surface area contributed by atoms with Gasteiger partial charge in [0.25, 0.3) is 0 Å². The van der Waals surface area contributed by atoms with Gasteiger partial charge in [0, 0.05) is 36.8 Å². The SMILES string of the molecule is CCCC1CNC(C)(C)CN1Cc1ccccc1F. The lowest BCUT2D eigenvalue weighted by Crippen LogP contribution is -2.61. The first-order valence-electron chi connectivity index (χ1n) is 7.24. The number of benzene rings is 1. The second-order valence-corrected chi connectivity index (χ2v) is 6.20. The molecule has 3 heteroatoms. The Kier molecular flexibility index (Phi) is 4.58. The van der Waals surface area contributed by atoms with Crippen LogP contribution in [0, 0.1) is 5.82 Å². The van der Waals surface area contributed by atoms with Crippen LogP contribution in [0.2, 0.25) is 0 Å². The van der Waals surface area contributed by atoms with Gasteiger partial charge in [0.1, 0.15) is 5.82 Å². The third kappa shape index (κ3) is 3.77. The molecule has 0 aliphatic carbocycles. The Morgan fingerprint density at radius 1 is 1.37 bits per heavy atom. The van der Waals surface area contributed by atoms with Crippen molar-refractivity contribution < 1.29 is 4.39 Å². The molecule has 2 nitrogen and oxygen atoms in total. The molecule has 1 saturated heterocycles. The molecule has 2 rings (SSSR count). The highest BCUT2D eigenvalue weighted by atomic mass is 19.1. The lowest BCUT2D eigenvalue weighted by Gasteiger charge is -2.44. The fraction of sp³-hybridized carbons (Fsp3) is 0.625. The van der Waals surface area contributed by atoms with E-state index >= 15 is 0 Å². The predicted molar refractivity (Wildman–Crippen MR) is 77.6 cm³/mol. The fourth-order valence-corrected chi connectivity index (χ4v) is 2.86. The minimum atomic E-state index is -0.0888. The second kappa shape index (κ2) is 6.02. The molecule has 1 fully saturated rings. The molecule has 0 saturated carbocycles. The van der Waals surface area contributed by atoms with E-state index in [1.165, 1.54) is 6.42 Å². The summed E-state index contributed by atoms with van der Waals surface area (Å²) < 4.78 is 13.8. The number of piperazine rings is 1. The van der Waals surface area contributed by atoms with Gasteiger partial charge in [-0.25, -0.2) is 4.39 Å². The van der Waals surface area contributed by atoms with Gasteiger partial charge in [0.05, 0.1) is 0 Å². The molecular weight excluding hydrogens is 239 g/mol. The first kappa shape index (κ1) is 14.5. The van der Waals surface area contributed by atoms with Crippen molar-refractivity contribution in [3.8, 4) is 0 Å². The van der Waals surface area contributed by atoms with Crippen LogP contribution in [0.3, 0.4) is 0 Å². The van der Waals surface area contributed by atoms with Crippen LogP contribution in [0.5, 0.6) is 0 Å². The molecule has 1 aliphatic heterocycles. The molecule has 0 bridgehead atoms. The zero-order valence-corrected chi connectivity index (χ0v) is 12.2. The van der Waals surface area contributed by atoms with Crippen molar-refractivity contribution in [1.82, 2.24) is 10.2 Å². The number of nitrogens with one attached hydrogen (secondary N) is 1. The summed E-state index contributed by atoms with van der Waals surface area (Å²) in [5.74, 6) is -0.0888. The van der Waals surface area contributed by atoms with Crippen molar-refractivity contribution in [3.05, 3.63) is 35.6 Å². The maximum Gasteiger partial charge on any atom is 0.127 e. The van der Waals surface area contributed by atoms with Crippen LogP contribution in [-0.2, 0) is 6.54 Å². The molecule has 1 N–H and O–H groups in total. The normalized spacial score (nSPS) is 23.5. The molecule has 1 heterocycles. The van der Waals surface area contributed by atoms with Crippen LogP contribution >= 0.6 is 0 Å². The van der Waals surface area contributed by atoms with Crippen molar-refractivity contribution in [2.45, 2.75) is 51.7 Å². The van der Waals surface area contributed by atoms with Gasteiger partial charge in [-0.1, -0.05) is 31.5 Å². The van der Waals surface area contributed by atoms with Gasteiger partial charge in [0.2, 0.25) is 0 Å². The van der Waals surface area contributed by atoms with E-state index in [1.54, 1.807) is 12.1 Å². The van der Waals surface area contributed by atoms with E-state index in [0.717, 1.165) is 25.1 Å². The lowest BCUT2D eigenvalue weighted by atomic mass is 9.96. The van der Waals surface area contributed by atoms with E-state index in [2.05, 4.69) is 31.0 Å². The Balaban J connectivity index is 2.11. The summed E-state index contributed by atoms with van der Waals surface area (Å²) in [6, 6.07) is 7.63. The van der Waals surface area contributed by atoms with Crippen molar-refractivity contribution in [1.29, 1.82) is 0 Å². The molecular formula is C16H25FN2. The summed E-state index contributed by atoms with van der Waals surface area (Å²) in [6.45, 7) is 9.30. The first-order valence-corrected chi connectivity index (χ1v) is 7.24. The average Bonchev–Trinajstić information content (AvgIpc) is 2.35. The monoisotopic (exact) mass is 264 g/mol. The number of rotatable bonds is 4. The summed E-state index contributed by atoms with van der Waals surface area (Å²) in [4.78, 5) is 2.43. The average molecular weight is 264 g/mol. The van der Waals surface area contributed by atoms with Gasteiger partial charge in [-0.3, -0.25) is 4.90 Å². The van der Waals surface area contributed by atoms with Gasteiger partial charge in [0.15, 0.2) is 0 Å². The van der Waals surface area contributed by atoms with Gasteiger partial charge in [-0.2, -0.15) is 0 Å². The zero-order valence-electron chi connectivity index (χ0n) is 12.2. The van der Waals surface area contributed by atoms with Gasteiger partial charge in [-0.05, 0) is 26.3 Å². The molecule has 1 atom stereocenters. The van der Waals surface area contributed by atoms with Gasteiger partial charge in [-0.15, -0.1) is 0 Å². The van der Waals surface area contributed by atoms with E-state index in [-0.39, 0.29) is 11.4 Å². The first-order chi connectivity index (χ1) is 9.02. The van der Waals surface area contributed by atoms with Crippen molar-refractivity contribution >= 4 is 0 Å². The molecule has 1 aromatic carbocycles. The topological polar surface area (TPSA) is 15.3 Å². The molecule has 19 heavy (non-hydrogen) atoms. The summed E-state index contributed by atoms with van der Waals surface area (Å²) >= 11 is 0. The minimum absolute atomic E-state index is 0.0888. The maximum atomic E-state index is 13.8. The van der Waals surface area contributed by atoms with E-state index in [1.807, 2.05) is 12.1 Å². The summed E-state index contributed by atoms with van der Waals surface area (Å²) in [5, 5.41) is 3.59. The number of hydrogen-bond donors (Lipinski definition) is 1. The Morgan fingerprint density at radius 3 is 2.79 bits per heavy atom. The Labute approximate surface area is 116 Å². The van der Waals surface area contributed by atoms with Crippen LogP contribution < -0.4 is 5.32 Å². The van der Waals surface area contributed by atoms with Gasteiger partial charge < -0.3 is 5.32 Å². The molecule has 1 unspecified atom stereocenters. The summed E-state index contributed by atoms with van der Waals surface area (Å²) in [6.07, 6.45) is 2.33. The standard InChI is InChI=1S/C16H25FN2/c1-4-7-14-10-18-16(2,3)12-19(14)11-13-8-5-6-9-15(13)17/h5-6,8-9,14,18H,4,7,10-12H2,1-3H3. The zero-order chi connectivity index (χ0) is 13.9. The molecule has 1 aliphatic rings. The third-order valence-corrected chi connectivity index (χ3v) is 3.88. The highest BCUT2D eigenvalue weighted by Crippen LogP contribution is 2.21. The molecule has 106 valence electrons. The van der Waals surface area contributed by atoms with Crippen molar-refractivity contribution in [3.63, 3.8) is 0 Å². The summed E-state index contributed by atoms with van der Waals surface area (Å²) in [5.41, 5.74) is 0.913. The minimum Gasteiger partial charge on any atom is -0.309 e. The van der Waals surface area contributed by atoms with Crippen LogP contribution in [0.25, 0.3) is 0 Å². The maximum absolute atomic E-state index is 13.8. The van der Waals surface area contributed by atoms with Crippen molar-refractivity contribution in [2.75, 3.05) is 13.1 Å². The van der Waals surface area contributed by atoms with Crippen molar-refractivity contribution in [2.24, 2.45) is 0 Å². The lowest BCUT2D eigenvalue weighted by molar-refractivity contribution is 0.0816. The van der Waals surface area contributed by atoms with Crippen LogP contribution in [0.4, 0.5) is 4.39 Å². The summed E-state index contributed by atoms with van der Waals surface area (Å²) in [7, 11) is 0. The molecule has 0 amide bonds. The number of hydrogen-bond acceptors (Lipinski definition) is 2. The molecule has 0 spiro atoms. The smallest absolute Gasteiger partial charge is 0.127 e. The highest BCUT2D eigenvalue weighted by molar-refractivity contribution is 5.17. The number of nitrogens with zero attached hydrogens (tertiary/aromatic N) is 1. The third-order valence-electron chi connectivity index (χ3n) is 3.88. The predicted octanol–water partition coefficient (Wildman–Crippen LogP) is 3.18. The number of halogens is 1. The Morgan fingerprint density at radius 2 is 2.11 bits per heavy atom.